The molecule has 2 unspecified atom stereocenters. The number of rotatable bonds is 5. The third-order valence-corrected chi connectivity index (χ3v) is 5.31. The maximum Gasteiger partial charge on any atom is 0.0330 e. The van der Waals surface area contributed by atoms with E-state index in [0.717, 1.165) is 5.92 Å². The lowest BCUT2D eigenvalue weighted by molar-refractivity contribution is 0.0215. The van der Waals surface area contributed by atoms with Gasteiger partial charge in [0.05, 0.1) is 0 Å². The van der Waals surface area contributed by atoms with E-state index in [1.807, 2.05) is 0 Å². The number of hydrogen-bond acceptors (Lipinski definition) is 3. The molecule has 0 aromatic heterocycles. The minimum atomic E-state index is 0.442. The van der Waals surface area contributed by atoms with Crippen molar-refractivity contribution in [2.75, 3.05) is 34.2 Å². The summed E-state index contributed by atoms with van der Waals surface area (Å²) in [5, 5.41) is 0. The van der Waals surface area contributed by atoms with Gasteiger partial charge in [-0.05, 0) is 59.2 Å². The summed E-state index contributed by atoms with van der Waals surface area (Å²) in [5.41, 5.74) is 6.71. The SMILES string of the molecule is CN(CC1CCCCC1N)CC1(N(C)C)CCC1. The normalized spacial score (nSPS) is 31.7. The fourth-order valence-corrected chi connectivity index (χ4v) is 3.76. The molecular weight excluding hydrogens is 222 g/mol. The predicted molar refractivity (Wildman–Crippen MR) is 77.7 cm³/mol. The van der Waals surface area contributed by atoms with Crippen LogP contribution in [0.25, 0.3) is 0 Å². The molecule has 18 heavy (non-hydrogen) atoms. The summed E-state index contributed by atoms with van der Waals surface area (Å²) in [6.07, 6.45) is 9.41. The summed E-state index contributed by atoms with van der Waals surface area (Å²) in [7, 11) is 6.75. The molecule has 2 saturated carbocycles. The van der Waals surface area contributed by atoms with E-state index in [1.54, 1.807) is 0 Å². The molecule has 2 fully saturated rings. The molecule has 0 saturated heterocycles. The molecule has 0 amide bonds. The quantitative estimate of drug-likeness (QED) is 0.812. The molecule has 2 aliphatic rings. The summed E-state index contributed by atoms with van der Waals surface area (Å²) in [5.74, 6) is 0.725. The first-order chi connectivity index (χ1) is 8.53. The van der Waals surface area contributed by atoms with E-state index in [9.17, 15) is 0 Å². The Morgan fingerprint density at radius 3 is 2.22 bits per heavy atom. The van der Waals surface area contributed by atoms with Crippen LogP contribution in [-0.4, -0.2) is 55.6 Å². The van der Waals surface area contributed by atoms with Gasteiger partial charge in [-0.2, -0.15) is 0 Å². The van der Waals surface area contributed by atoms with E-state index >= 15 is 0 Å². The van der Waals surface area contributed by atoms with Crippen molar-refractivity contribution < 1.29 is 0 Å². The Kier molecular flexibility index (Phi) is 4.68. The lowest BCUT2D eigenvalue weighted by Crippen LogP contribution is -2.57. The van der Waals surface area contributed by atoms with Gasteiger partial charge in [-0.15, -0.1) is 0 Å². The number of nitrogens with zero attached hydrogens (tertiary/aromatic N) is 2. The maximum atomic E-state index is 6.26. The van der Waals surface area contributed by atoms with Crippen molar-refractivity contribution in [2.24, 2.45) is 11.7 Å². The highest BCUT2D eigenvalue weighted by Crippen LogP contribution is 2.37. The molecule has 2 atom stereocenters. The standard InChI is InChI=1S/C15H31N3/c1-17(2)15(9-6-10-15)12-18(3)11-13-7-4-5-8-14(13)16/h13-14H,4-12,16H2,1-3H3. The molecule has 3 heteroatoms. The van der Waals surface area contributed by atoms with Crippen molar-refractivity contribution in [1.29, 1.82) is 0 Å². The molecule has 0 aromatic carbocycles. The van der Waals surface area contributed by atoms with E-state index in [-0.39, 0.29) is 0 Å². The molecule has 0 spiro atoms. The Bertz CT molecular complexity index is 260. The highest BCUT2D eigenvalue weighted by Gasteiger charge is 2.40. The van der Waals surface area contributed by atoms with Crippen LogP contribution in [0.3, 0.4) is 0 Å². The highest BCUT2D eigenvalue weighted by atomic mass is 15.2. The first kappa shape index (κ1) is 14.3. The molecule has 0 radical (unpaired) electrons. The Morgan fingerprint density at radius 2 is 1.72 bits per heavy atom. The van der Waals surface area contributed by atoms with Gasteiger partial charge in [-0.3, -0.25) is 0 Å². The van der Waals surface area contributed by atoms with Gasteiger partial charge in [0.1, 0.15) is 0 Å². The molecule has 0 heterocycles. The van der Waals surface area contributed by atoms with Gasteiger partial charge < -0.3 is 15.5 Å². The minimum absolute atomic E-state index is 0.442. The second-order valence-electron chi connectivity index (χ2n) is 6.88. The first-order valence-corrected chi connectivity index (χ1v) is 7.65. The van der Waals surface area contributed by atoms with Crippen LogP contribution in [0.4, 0.5) is 0 Å². The predicted octanol–water partition coefficient (Wildman–Crippen LogP) is 1.92. The van der Waals surface area contributed by atoms with Gasteiger partial charge >= 0.3 is 0 Å². The van der Waals surface area contributed by atoms with Crippen LogP contribution in [0.15, 0.2) is 0 Å². The molecule has 0 aromatic rings. The lowest BCUT2D eigenvalue weighted by atomic mass is 9.75. The summed E-state index contributed by atoms with van der Waals surface area (Å²) in [6.45, 7) is 2.40. The number of likely N-dealkylation sites (N-methyl/N-ethyl adjacent to an activating group) is 2. The van der Waals surface area contributed by atoms with Gasteiger partial charge in [0.2, 0.25) is 0 Å². The zero-order valence-corrected chi connectivity index (χ0v) is 12.5. The zero-order chi connectivity index (χ0) is 13.2. The van der Waals surface area contributed by atoms with E-state index < -0.39 is 0 Å². The van der Waals surface area contributed by atoms with Crippen LogP contribution >= 0.6 is 0 Å². The highest BCUT2D eigenvalue weighted by molar-refractivity contribution is 4.98. The Morgan fingerprint density at radius 1 is 1.06 bits per heavy atom. The van der Waals surface area contributed by atoms with Crippen LogP contribution in [0.1, 0.15) is 44.9 Å². The topological polar surface area (TPSA) is 32.5 Å². The van der Waals surface area contributed by atoms with Gasteiger partial charge in [0, 0.05) is 24.7 Å². The maximum absolute atomic E-state index is 6.26. The molecule has 106 valence electrons. The second-order valence-corrected chi connectivity index (χ2v) is 6.88. The molecule has 0 bridgehead atoms. The monoisotopic (exact) mass is 253 g/mol. The summed E-state index contributed by atoms with van der Waals surface area (Å²) < 4.78 is 0. The van der Waals surface area contributed by atoms with Crippen LogP contribution in [-0.2, 0) is 0 Å². The first-order valence-electron chi connectivity index (χ1n) is 7.65. The average Bonchev–Trinajstić information content (AvgIpc) is 2.26. The van der Waals surface area contributed by atoms with E-state index in [4.69, 9.17) is 5.73 Å². The number of hydrogen-bond donors (Lipinski definition) is 1. The summed E-state index contributed by atoms with van der Waals surface area (Å²) in [6, 6.07) is 0.442. The van der Waals surface area contributed by atoms with Crippen molar-refractivity contribution in [3.05, 3.63) is 0 Å². The summed E-state index contributed by atoms with van der Waals surface area (Å²) in [4.78, 5) is 4.98. The molecule has 2 N–H and O–H groups in total. The van der Waals surface area contributed by atoms with E-state index in [2.05, 4.69) is 30.9 Å². The molecule has 2 aliphatic carbocycles. The van der Waals surface area contributed by atoms with Gasteiger partial charge in [-0.25, -0.2) is 0 Å². The molecule has 0 aliphatic heterocycles. The van der Waals surface area contributed by atoms with Crippen LogP contribution in [0.5, 0.6) is 0 Å². The largest absolute Gasteiger partial charge is 0.327 e. The van der Waals surface area contributed by atoms with Crippen molar-refractivity contribution in [3.8, 4) is 0 Å². The second kappa shape index (κ2) is 5.89. The Balaban J connectivity index is 1.82. The Labute approximate surface area is 113 Å². The van der Waals surface area contributed by atoms with Crippen LogP contribution < -0.4 is 5.73 Å². The minimum Gasteiger partial charge on any atom is -0.327 e. The zero-order valence-electron chi connectivity index (χ0n) is 12.5. The summed E-state index contributed by atoms with van der Waals surface area (Å²) >= 11 is 0. The molecule has 3 nitrogen and oxygen atoms in total. The number of nitrogens with two attached hydrogens (primary N) is 1. The van der Waals surface area contributed by atoms with Gasteiger partial charge in [0.25, 0.3) is 0 Å². The van der Waals surface area contributed by atoms with Crippen molar-refractivity contribution in [1.82, 2.24) is 9.80 Å². The average molecular weight is 253 g/mol. The fraction of sp³-hybridized carbons (Fsp3) is 1.00. The Hall–Kier alpha value is -0.120. The van der Waals surface area contributed by atoms with Crippen LogP contribution in [0, 0.1) is 5.92 Å². The smallest absolute Gasteiger partial charge is 0.0330 e. The van der Waals surface area contributed by atoms with Crippen molar-refractivity contribution in [3.63, 3.8) is 0 Å². The molecular formula is C15H31N3. The van der Waals surface area contributed by atoms with Crippen molar-refractivity contribution in [2.45, 2.75) is 56.5 Å². The van der Waals surface area contributed by atoms with Gasteiger partial charge in [0.15, 0.2) is 0 Å². The fourth-order valence-electron chi connectivity index (χ4n) is 3.76. The van der Waals surface area contributed by atoms with Crippen LogP contribution in [0.2, 0.25) is 0 Å². The molecule has 2 rings (SSSR count). The van der Waals surface area contributed by atoms with E-state index in [0.29, 0.717) is 11.6 Å². The van der Waals surface area contributed by atoms with Crippen molar-refractivity contribution >= 4 is 0 Å². The third kappa shape index (κ3) is 3.06. The van der Waals surface area contributed by atoms with Gasteiger partial charge in [-0.1, -0.05) is 12.8 Å². The van der Waals surface area contributed by atoms with E-state index in [1.165, 1.54) is 58.0 Å². The lowest BCUT2D eigenvalue weighted by Gasteiger charge is -2.50. The third-order valence-electron chi connectivity index (χ3n) is 5.31.